The van der Waals surface area contributed by atoms with E-state index in [1.165, 1.54) is 0 Å². The van der Waals surface area contributed by atoms with Gasteiger partial charge >= 0.3 is 0 Å². The highest BCUT2D eigenvalue weighted by Gasteiger charge is 2.28. The second-order valence-corrected chi connectivity index (χ2v) is 5.81. The van der Waals surface area contributed by atoms with E-state index in [0.29, 0.717) is 6.04 Å². The zero-order valence-electron chi connectivity index (χ0n) is 12.9. The van der Waals surface area contributed by atoms with Gasteiger partial charge in [-0.15, -0.1) is 5.10 Å². The summed E-state index contributed by atoms with van der Waals surface area (Å²) < 4.78 is 1.91. The van der Waals surface area contributed by atoms with Crippen LogP contribution in [0.25, 0.3) is 0 Å². The SMILES string of the molecule is CCC(C(=O)N1CCC(n2ccnn2)CC1)c1ccccc1. The van der Waals surface area contributed by atoms with E-state index in [1.807, 2.05) is 46.1 Å². The van der Waals surface area contributed by atoms with Crippen molar-refractivity contribution in [1.82, 2.24) is 19.9 Å². The number of benzene rings is 1. The summed E-state index contributed by atoms with van der Waals surface area (Å²) in [5.74, 6) is 0.231. The van der Waals surface area contributed by atoms with Crippen molar-refractivity contribution in [3.8, 4) is 0 Å². The number of nitrogens with zero attached hydrogens (tertiary/aromatic N) is 4. The van der Waals surface area contributed by atoms with Crippen LogP contribution in [0.5, 0.6) is 0 Å². The summed E-state index contributed by atoms with van der Waals surface area (Å²) in [5.41, 5.74) is 1.12. The maximum absolute atomic E-state index is 12.8. The second-order valence-electron chi connectivity index (χ2n) is 5.81. The third-order valence-electron chi connectivity index (χ3n) is 4.50. The maximum atomic E-state index is 12.8. The first-order chi connectivity index (χ1) is 10.8. The molecule has 0 spiro atoms. The van der Waals surface area contributed by atoms with Gasteiger partial charge in [0, 0.05) is 19.3 Å². The van der Waals surface area contributed by atoms with Gasteiger partial charge in [-0.25, -0.2) is 4.68 Å². The first-order valence-corrected chi connectivity index (χ1v) is 7.99. The largest absolute Gasteiger partial charge is 0.342 e. The molecule has 1 unspecified atom stereocenters. The van der Waals surface area contributed by atoms with Gasteiger partial charge < -0.3 is 4.90 Å². The van der Waals surface area contributed by atoms with Crippen molar-refractivity contribution < 1.29 is 4.79 Å². The molecule has 22 heavy (non-hydrogen) atoms. The molecule has 1 amide bonds. The summed E-state index contributed by atoms with van der Waals surface area (Å²) in [4.78, 5) is 14.8. The lowest BCUT2D eigenvalue weighted by molar-refractivity contribution is -0.134. The Bertz CT molecular complexity index is 588. The Morgan fingerprint density at radius 3 is 2.59 bits per heavy atom. The highest BCUT2D eigenvalue weighted by Crippen LogP contribution is 2.26. The minimum Gasteiger partial charge on any atom is -0.342 e. The predicted octanol–water partition coefficient (Wildman–Crippen LogP) is 2.64. The van der Waals surface area contributed by atoms with Gasteiger partial charge in [0.05, 0.1) is 18.2 Å². The summed E-state index contributed by atoms with van der Waals surface area (Å²) in [7, 11) is 0. The Morgan fingerprint density at radius 1 is 1.27 bits per heavy atom. The molecule has 2 aromatic rings. The monoisotopic (exact) mass is 298 g/mol. The fraction of sp³-hybridized carbons (Fsp3) is 0.471. The number of carbonyl (C=O) groups excluding carboxylic acids is 1. The van der Waals surface area contributed by atoms with Gasteiger partial charge in [0.15, 0.2) is 0 Å². The van der Waals surface area contributed by atoms with E-state index >= 15 is 0 Å². The minimum atomic E-state index is -0.0240. The lowest BCUT2D eigenvalue weighted by Crippen LogP contribution is -2.41. The molecule has 0 saturated carbocycles. The van der Waals surface area contributed by atoms with E-state index in [1.54, 1.807) is 6.20 Å². The van der Waals surface area contributed by atoms with Crippen LogP contribution in [0.2, 0.25) is 0 Å². The fourth-order valence-electron chi connectivity index (χ4n) is 3.22. The molecule has 0 bridgehead atoms. The van der Waals surface area contributed by atoms with Crippen LogP contribution in [0.4, 0.5) is 0 Å². The quantitative estimate of drug-likeness (QED) is 0.872. The first-order valence-electron chi connectivity index (χ1n) is 7.99. The number of carbonyl (C=O) groups is 1. The van der Waals surface area contributed by atoms with Crippen molar-refractivity contribution in [3.05, 3.63) is 48.3 Å². The van der Waals surface area contributed by atoms with Crippen LogP contribution in [-0.4, -0.2) is 38.9 Å². The number of aromatic nitrogens is 3. The molecule has 116 valence electrons. The van der Waals surface area contributed by atoms with Gasteiger partial charge in [-0.2, -0.15) is 0 Å². The van der Waals surface area contributed by atoms with Gasteiger partial charge in [0.25, 0.3) is 0 Å². The second kappa shape index (κ2) is 6.73. The van der Waals surface area contributed by atoms with E-state index < -0.39 is 0 Å². The van der Waals surface area contributed by atoms with Crippen LogP contribution in [0.1, 0.15) is 43.7 Å². The van der Waals surface area contributed by atoms with Crippen molar-refractivity contribution in [2.45, 2.75) is 38.1 Å². The molecule has 1 aliphatic rings. The van der Waals surface area contributed by atoms with Gasteiger partial charge in [-0.1, -0.05) is 42.5 Å². The molecule has 0 N–H and O–H groups in total. The molecule has 1 saturated heterocycles. The van der Waals surface area contributed by atoms with Gasteiger partial charge in [0.1, 0.15) is 0 Å². The Hall–Kier alpha value is -2.17. The molecule has 1 aliphatic heterocycles. The lowest BCUT2D eigenvalue weighted by Gasteiger charge is -2.34. The van der Waals surface area contributed by atoms with Gasteiger partial charge in [-0.05, 0) is 24.8 Å². The minimum absolute atomic E-state index is 0.0240. The molecule has 5 heteroatoms. The third-order valence-corrected chi connectivity index (χ3v) is 4.50. The molecule has 0 radical (unpaired) electrons. The lowest BCUT2D eigenvalue weighted by atomic mass is 9.93. The number of rotatable bonds is 4. The number of amides is 1. The van der Waals surface area contributed by atoms with Crippen molar-refractivity contribution in [2.75, 3.05) is 13.1 Å². The standard InChI is InChI=1S/C17H22N4O/c1-2-16(14-6-4-3-5-7-14)17(22)20-11-8-15(9-12-20)21-13-10-18-19-21/h3-7,10,13,15-16H,2,8-9,11-12H2,1H3. The summed E-state index contributed by atoms with van der Waals surface area (Å²) in [6, 6.07) is 10.5. The molecule has 2 heterocycles. The number of likely N-dealkylation sites (tertiary alicyclic amines) is 1. The molecule has 1 atom stereocenters. The number of hydrogen-bond acceptors (Lipinski definition) is 3. The van der Waals surface area contributed by atoms with Crippen LogP contribution in [0.15, 0.2) is 42.7 Å². The van der Waals surface area contributed by atoms with Crippen LogP contribution >= 0.6 is 0 Å². The van der Waals surface area contributed by atoms with Crippen LogP contribution in [0.3, 0.4) is 0 Å². The fourth-order valence-corrected chi connectivity index (χ4v) is 3.22. The highest BCUT2D eigenvalue weighted by atomic mass is 16.2. The van der Waals surface area contributed by atoms with Crippen LogP contribution in [0, 0.1) is 0 Å². The zero-order valence-corrected chi connectivity index (χ0v) is 12.9. The van der Waals surface area contributed by atoms with Crippen molar-refractivity contribution in [1.29, 1.82) is 0 Å². The summed E-state index contributed by atoms with van der Waals surface area (Å²) in [5, 5.41) is 7.94. The summed E-state index contributed by atoms with van der Waals surface area (Å²) in [6.45, 7) is 3.68. The number of hydrogen-bond donors (Lipinski definition) is 0. The molecule has 3 rings (SSSR count). The zero-order chi connectivity index (χ0) is 15.4. The highest BCUT2D eigenvalue weighted by molar-refractivity contribution is 5.83. The topological polar surface area (TPSA) is 51.0 Å². The molecule has 0 aliphatic carbocycles. The molecule has 1 fully saturated rings. The Kier molecular flexibility index (Phi) is 4.51. The van der Waals surface area contributed by atoms with E-state index in [4.69, 9.17) is 0 Å². The Morgan fingerprint density at radius 2 is 2.00 bits per heavy atom. The van der Waals surface area contributed by atoms with Crippen molar-refractivity contribution in [2.24, 2.45) is 0 Å². The van der Waals surface area contributed by atoms with Gasteiger partial charge in [0.2, 0.25) is 5.91 Å². The average molecular weight is 298 g/mol. The van der Waals surface area contributed by atoms with E-state index in [9.17, 15) is 4.79 Å². The Balaban J connectivity index is 1.64. The molecular formula is C17H22N4O. The van der Waals surface area contributed by atoms with Crippen molar-refractivity contribution >= 4 is 5.91 Å². The molecule has 5 nitrogen and oxygen atoms in total. The summed E-state index contributed by atoms with van der Waals surface area (Å²) in [6.07, 6.45) is 6.34. The molecular weight excluding hydrogens is 276 g/mol. The summed E-state index contributed by atoms with van der Waals surface area (Å²) >= 11 is 0. The van der Waals surface area contributed by atoms with E-state index in [-0.39, 0.29) is 11.8 Å². The Labute approximate surface area is 130 Å². The van der Waals surface area contributed by atoms with Crippen LogP contribution in [-0.2, 0) is 4.79 Å². The maximum Gasteiger partial charge on any atom is 0.230 e. The predicted molar refractivity (Wildman–Crippen MR) is 84.3 cm³/mol. The van der Waals surface area contributed by atoms with Gasteiger partial charge in [-0.3, -0.25) is 4.79 Å². The molecule has 1 aromatic heterocycles. The first kappa shape index (κ1) is 14.8. The average Bonchev–Trinajstić information content (AvgIpc) is 3.11. The van der Waals surface area contributed by atoms with Crippen molar-refractivity contribution in [3.63, 3.8) is 0 Å². The van der Waals surface area contributed by atoms with E-state index in [2.05, 4.69) is 17.2 Å². The number of piperidine rings is 1. The van der Waals surface area contributed by atoms with E-state index in [0.717, 1.165) is 37.9 Å². The smallest absolute Gasteiger partial charge is 0.230 e. The molecule has 1 aromatic carbocycles. The normalized spacial score (nSPS) is 17.4. The van der Waals surface area contributed by atoms with Crippen LogP contribution < -0.4 is 0 Å². The third kappa shape index (κ3) is 3.03.